The molecule has 2 nitrogen and oxygen atoms in total. The van der Waals surface area contributed by atoms with E-state index in [1.807, 2.05) is 18.2 Å². The molecule has 100 valence electrons. The molecule has 1 N–H and O–H groups in total. The van der Waals surface area contributed by atoms with Crippen molar-refractivity contribution in [2.45, 2.75) is 18.6 Å². The molecule has 2 heteroatoms. The quantitative estimate of drug-likeness (QED) is 0.576. The van der Waals surface area contributed by atoms with Crippen molar-refractivity contribution in [3.63, 3.8) is 0 Å². The number of hydrogen-bond donors (Lipinski definition) is 1. The molecule has 0 radical (unpaired) electrons. The van der Waals surface area contributed by atoms with Crippen molar-refractivity contribution in [1.29, 1.82) is 0 Å². The van der Waals surface area contributed by atoms with Crippen LogP contribution in [0.15, 0.2) is 54.6 Å². The van der Waals surface area contributed by atoms with E-state index in [1.54, 1.807) is 0 Å². The Morgan fingerprint density at radius 1 is 1.00 bits per heavy atom. The second kappa shape index (κ2) is 4.58. The van der Waals surface area contributed by atoms with Gasteiger partial charge in [-0.1, -0.05) is 42.5 Å². The average molecular weight is 264 g/mol. The number of hydrogen-bond acceptors (Lipinski definition) is 2. The van der Waals surface area contributed by atoms with Gasteiger partial charge in [0.1, 0.15) is 0 Å². The van der Waals surface area contributed by atoms with Gasteiger partial charge in [0.2, 0.25) is 0 Å². The number of fused-ring (bicyclic) bond motifs is 2. The van der Waals surface area contributed by atoms with Gasteiger partial charge in [0.25, 0.3) is 0 Å². The molecule has 1 aliphatic heterocycles. The van der Waals surface area contributed by atoms with Crippen LogP contribution in [0, 0.1) is 0 Å². The third-order valence-electron chi connectivity index (χ3n) is 4.03. The van der Waals surface area contributed by atoms with Crippen molar-refractivity contribution in [2.75, 3.05) is 6.61 Å². The van der Waals surface area contributed by atoms with E-state index in [0.29, 0.717) is 6.42 Å². The van der Waals surface area contributed by atoms with Crippen LogP contribution in [0.25, 0.3) is 21.5 Å². The Morgan fingerprint density at radius 3 is 2.45 bits per heavy atom. The predicted molar refractivity (Wildman–Crippen MR) is 80.8 cm³/mol. The lowest BCUT2D eigenvalue weighted by atomic mass is 9.95. The summed E-state index contributed by atoms with van der Waals surface area (Å²) in [6.45, 7) is 0.782. The molecular formula is C18H16O2. The Hall–Kier alpha value is -1.90. The first-order chi connectivity index (χ1) is 9.81. The summed E-state index contributed by atoms with van der Waals surface area (Å²) in [5.41, 5.74) is 1.00. The van der Waals surface area contributed by atoms with E-state index in [-0.39, 0.29) is 6.10 Å². The third kappa shape index (κ3) is 2.07. The Morgan fingerprint density at radius 2 is 1.70 bits per heavy atom. The molecule has 0 aromatic heterocycles. The van der Waals surface area contributed by atoms with Crippen LogP contribution in [-0.2, 0) is 4.74 Å². The summed E-state index contributed by atoms with van der Waals surface area (Å²) >= 11 is 0. The zero-order chi connectivity index (χ0) is 13.5. The van der Waals surface area contributed by atoms with Crippen LogP contribution in [0.4, 0.5) is 0 Å². The monoisotopic (exact) mass is 264 g/mol. The van der Waals surface area contributed by atoms with E-state index in [9.17, 15) is 5.11 Å². The molecule has 1 fully saturated rings. The van der Waals surface area contributed by atoms with Crippen molar-refractivity contribution in [1.82, 2.24) is 0 Å². The molecule has 0 aliphatic carbocycles. The molecule has 3 aromatic carbocycles. The van der Waals surface area contributed by atoms with Crippen molar-refractivity contribution in [3.05, 3.63) is 60.2 Å². The summed E-state index contributed by atoms with van der Waals surface area (Å²) in [5.74, 6) is 0. The minimum atomic E-state index is -0.452. The molecule has 3 aromatic rings. The highest BCUT2D eigenvalue weighted by Crippen LogP contribution is 2.32. The van der Waals surface area contributed by atoms with Gasteiger partial charge in [0.15, 0.2) is 0 Å². The highest BCUT2D eigenvalue weighted by atomic mass is 16.6. The summed E-state index contributed by atoms with van der Waals surface area (Å²) in [4.78, 5) is 0. The molecular weight excluding hydrogens is 248 g/mol. The predicted octanol–water partition coefficient (Wildman–Crippen LogP) is 3.82. The summed E-state index contributed by atoms with van der Waals surface area (Å²) < 4.78 is 5.22. The number of benzene rings is 3. The molecule has 0 saturated carbocycles. The zero-order valence-corrected chi connectivity index (χ0v) is 11.1. The molecule has 20 heavy (non-hydrogen) atoms. The van der Waals surface area contributed by atoms with E-state index in [0.717, 1.165) is 17.6 Å². The van der Waals surface area contributed by atoms with Crippen molar-refractivity contribution >= 4 is 21.5 Å². The second-order valence-electron chi connectivity index (χ2n) is 5.47. The van der Waals surface area contributed by atoms with Gasteiger partial charge in [-0.05, 0) is 39.2 Å². The van der Waals surface area contributed by atoms with E-state index in [2.05, 4.69) is 36.4 Å². The third-order valence-corrected chi connectivity index (χ3v) is 4.03. The number of epoxide rings is 1. The molecule has 1 aliphatic rings. The van der Waals surface area contributed by atoms with Gasteiger partial charge in [-0.3, -0.25) is 0 Å². The Labute approximate surface area is 117 Å². The van der Waals surface area contributed by atoms with Crippen LogP contribution in [0.3, 0.4) is 0 Å². The largest absolute Gasteiger partial charge is 0.388 e. The topological polar surface area (TPSA) is 32.8 Å². The van der Waals surface area contributed by atoms with Gasteiger partial charge in [-0.2, -0.15) is 0 Å². The molecule has 2 atom stereocenters. The smallest absolute Gasteiger partial charge is 0.0837 e. The number of ether oxygens (including phenoxy) is 1. The minimum absolute atomic E-state index is 0.237. The van der Waals surface area contributed by atoms with Gasteiger partial charge >= 0.3 is 0 Å². The Bertz CT molecular complexity index is 775. The molecule has 1 heterocycles. The fourth-order valence-electron chi connectivity index (χ4n) is 2.86. The molecule has 0 bridgehead atoms. The maximum atomic E-state index is 10.4. The Kier molecular flexibility index (Phi) is 2.72. The maximum absolute atomic E-state index is 10.4. The number of aliphatic hydroxyl groups excluding tert-OH is 1. The van der Waals surface area contributed by atoms with E-state index in [4.69, 9.17) is 4.74 Å². The summed E-state index contributed by atoms with van der Waals surface area (Å²) in [6, 6.07) is 18.8. The lowest BCUT2D eigenvalue weighted by Gasteiger charge is -2.13. The first-order valence-electron chi connectivity index (χ1n) is 7.02. The van der Waals surface area contributed by atoms with Crippen LogP contribution < -0.4 is 0 Å². The highest BCUT2D eigenvalue weighted by molar-refractivity contribution is 5.99. The normalized spacial score (nSPS) is 19.4. The van der Waals surface area contributed by atoms with Gasteiger partial charge in [0.05, 0.1) is 18.8 Å². The molecule has 1 saturated heterocycles. The first kappa shape index (κ1) is 11.9. The van der Waals surface area contributed by atoms with Crippen molar-refractivity contribution in [3.8, 4) is 0 Å². The molecule has 2 unspecified atom stereocenters. The summed E-state index contributed by atoms with van der Waals surface area (Å²) in [6.07, 6.45) is 0.472. The second-order valence-corrected chi connectivity index (χ2v) is 5.47. The first-order valence-corrected chi connectivity index (χ1v) is 7.02. The Balaban J connectivity index is 1.89. The maximum Gasteiger partial charge on any atom is 0.0837 e. The van der Waals surface area contributed by atoms with Gasteiger partial charge in [-0.15, -0.1) is 0 Å². The number of rotatable bonds is 3. The van der Waals surface area contributed by atoms with Crippen molar-refractivity contribution < 1.29 is 9.84 Å². The zero-order valence-electron chi connectivity index (χ0n) is 11.1. The van der Waals surface area contributed by atoms with Gasteiger partial charge in [0, 0.05) is 6.42 Å². The van der Waals surface area contributed by atoms with Crippen LogP contribution in [0.1, 0.15) is 18.1 Å². The van der Waals surface area contributed by atoms with Crippen molar-refractivity contribution in [2.24, 2.45) is 0 Å². The minimum Gasteiger partial charge on any atom is -0.388 e. The van der Waals surface area contributed by atoms with E-state index >= 15 is 0 Å². The van der Waals surface area contributed by atoms with Crippen LogP contribution in [-0.4, -0.2) is 17.8 Å². The average Bonchev–Trinajstić information content (AvgIpc) is 3.28. The highest BCUT2D eigenvalue weighted by Gasteiger charge is 2.27. The summed E-state index contributed by atoms with van der Waals surface area (Å²) in [7, 11) is 0. The lowest BCUT2D eigenvalue weighted by molar-refractivity contribution is 0.155. The fraction of sp³-hybridized carbons (Fsp3) is 0.222. The van der Waals surface area contributed by atoms with Crippen LogP contribution >= 0.6 is 0 Å². The fourth-order valence-corrected chi connectivity index (χ4v) is 2.86. The SMILES string of the molecule is OC(CC1CO1)c1cccc2cc3ccccc3cc12. The molecule has 0 amide bonds. The van der Waals surface area contributed by atoms with Crippen LogP contribution in [0.2, 0.25) is 0 Å². The summed E-state index contributed by atoms with van der Waals surface area (Å²) in [5, 5.41) is 15.2. The molecule has 0 spiro atoms. The van der Waals surface area contributed by atoms with Gasteiger partial charge < -0.3 is 9.84 Å². The lowest BCUT2D eigenvalue weighted by Crippen LogP contribution is -2.02. The van der Waals surface area contributed by atoms with E-state index < -0.39 is 6.10 Å². The van der Waals surface area contributed by atoms with E-state index in [1.165, 1.54) is 16.2 Å². The molecule has 4 rings (SSSR count). The van der Waals surface area contributed by atoms with Crippen LogP contribution in [0.5, 0.6) is 0 Å². The standard InChI is InChI=1S/C18H16O2/c19-18(10-15-11-20-15)16-7-3-6-14-8-12-4-1-2-5-13(12)9-17(14)16/h1-9,15,18-19H,10-11H2. The number of aliphatic hydroxyl groups is 1. The van der Waals surface area contributed by atoms with Gasteiger partial charge in [-0.25, -0.2) is 0 Å².